The molecule has 0 bridgehead atoms. The lowest BCUT2D eigenvalue weighted by Gasteiger charge is -2.17. The highest BCUT2D eigenvalue weighted by molar-refractivity contribution is 7.92. The quantitative estimate of drug-likeness (QED) is 0.837. The average Bonchev–Trinajstić information content (AvgIpc) is 3.27. The molecule has 1 N–H and O–H groups in total. The molecule has 1 aromatic carbocycles. The number of amides is 2. The normalized spacial score (nSPS) is 15.2. The molecule has 1 aromatic heterocycles. The fraction of sp³-hybridized carbons (Fsp3) is 0.444. The lowest BCUT2D eigenvalue weighted by atomic mass is 10.3. The molecule has 0 aliphatic heterocycles. The van der Waals surface area contributed by atoms with Crippen molar-refractivity contribution in [1.29, 1.82) is 0 Å². The molecule has 0 saturated heterocycles. The van der Waals surface area contributed by atoms with Crippen LogP contribution in [0.2, 0.25) is 0 Å². The van der Waals surface area contributed by atoms with Crippen molar-refractivity contribution in [3.8, 4) is 0 Å². The zero-order chi connectivity index (χ0) is 18.7. The van der Waals surface area contributed by atoms with Crippen LogP contribution >= 0.6 is 11.3 Å². The number of anilines is 1. The maximum atomic E-state index is 12.6. The number of rotatable bonds is 5. The summed E-state index contributed by atoms with van der Waals surface area (Å²) >= 11 is 1.56. The summed E-state index contributed by atoms with van der Waals surface area (Å²) in [5, 5.41) is 3.49. The minimum atomic E-state index is -3.27. The Morgan fingerprint density at radius 3 is 2.50 bits per heavy atom. The number of sulfone groups is 1. The molecule has 1 saturated carbocycles. The van der Waals surface area contributed by atoms with Gasteiger partial charge in [0.25, 0.3) is 0 Å². The van der Waals surface area contributed by atoms with Crippen molar-refractivity contribution in [1.82, 2.24) is 9.88 Å². The Bertz CT molecular complexity index is 869. The molecule has 3 rings (SSSR count). The molecule has 26 heavy (non-hydrogen) atoms. The van der Waals surface area contributed by atoms with Gasteiger partial charge in [-0.15, -0.1) is 11.3 Å². The summed E-state index contributed by atoms with van der Waals surface area (Å²) in [6.07, 6.45) is 5.20. The van der Waals surface area contributed by atoms with Gasteiger partial charge in [0.15, 0.2) is 9.84 Å². The number of urea groups is 1. The van der Waals surface area contributed by atoms with Gasteiger partial charge in [-0.3, -0.25) is 0 Å². The van der Waals surface area contributed by atoms with E-state index in [1.165, 1.54) is 0 Å². The molecule has 1 heterocycles. The zero-order valence-corrected chi connectivity index (χ0v) is 16.6. The smallest absolute Gasteiger partial charge is 0.321 e. The Balaban J connectivity index is 1.62. The van der Waals surface area contributed by atoms with Crippen LogP contribution in [0, 0.1) is 6.92 Å². The third-order valence-corrected chi connectivity index (χ3v) is 7.76. The molecular formula is C18H23N3O3S2. The van der Waals surface area contributed by atoms with Crippen molar-refractivity contribution < 1.29 is 13.2 Å². The van der Waals surface area contributed by atoms with Gasteiger partial charge in [-0.25, -0.2) is 18.2 Å². The van der Waals surface area contributed by atoms with E-state index in [9.17, 15) is 13.2 Å². The van der Waals surface area contributed by atoms with Gasteiger partial charge in [-0.2, -0.15) is 0 Å². The first-order valence-corrected chi connectivity index (χ1v) is 11.0. The summed E-state index contributed by atoms with van der Waals surface area (Å²) in [4.78, 5) is 19.4. The van der Waals surface area contributed by atoms with Crippen LogP contribution in [0.15, 0.2) is 35.4 Å². The molecule has 1 fully saturated rings. The van der Waals surface area contributed by atoms with Gasteiger partial charge in [0.2, 0.25) is 0 Å². The second-order valence-electron chi connectivity index (χ2n) is 6.61. The van der Waals surface area contributed by atoms with Crippen LogP contribution in [-0.4, -0.2) is 36.6 Å². The maximum Gasteiger partial charge on any atom is 0.321 e. The Hall–Kier alpha value is -1.93. The molecule has 8 heteroatoms. The Labute approximate surface area is 158 Å². The van der Waals surface area contributed by atoms with Crippen molar-refractivity contribution in [2.75, 3.05) is 12.4 Å². The number of thiazole rings is 1. The third kappa shape index (κ3) is 4.24. The molecule has 1 aliphatic rings. The lowest BCUT2D eigenvalue weighted by Crippen LogP contribution is -2.30. The van der Waals surface area contributed by atoms with E-state index in [0.29, 0.717) is 17.1 Å². The van der Waals surface area contributed by atoms with Gasteiger partial charge in [-0.1, -0.05) is 12.8 Å². The highest BCUT2D eigenvalue weighted by Crippen LogP contribution is 2.30. The number of benzene rings is 1. The maximum absolute atomic E-state index is 12.6. The molecule has 0 unspecified atom stereocenters. The van der Waals surface area contributed by atoms with E-state index in [1.54, 1.807) is 53.7 Å². The molecule has 0 radical (unpaired) electrons. The number of nitrogens with one attached hydrogen (secondary N) is 1. The lowest BCUT2D eigenvalue weighted by molar-refractivity contribution is 0.221. The van der Waals surface area contributed by atoms with Crippen LogP contribution in [0.5, 0.6) is 0 Å². The predicted octanol–water partition coefficient (Wildman–Crippen LogP) is 3.83. The van der Waals surface area contributed by atoms with E-state index in [0.717, 1.165) is 35.6 Å². The van der Waals surface area contributed by atoms with E-state index < -0.39 is 9.84 Å². The minimum absolute atomic E-state index is 0.248. The highest BCUT2D eigenvalue weighted by atomic mass is 32.2. The standard InChI is InChI=1S/C18H23N3O3S2/c1-13-19-11-15(25-13)12-21(2)18(22)20-14-7-9-17(10-8-14)26(23,24)16-5-3-4-6-16/h7-11,16H,3-6,12H2,1-2H3,(H,20,22). The summed E-state index contributed by atoms with van der Waals surface area (Å²) in [6, 6.07) is 6.20. The van der Waals surface area contributed by atoms with Gasteiger partial charge in [-0.05, 0) is 44.0 Å². The monoisotopic (exact) mass is 393 g/mol. The molecule has 2 amide bonds. The first-order valence-electron chi connectivity index (χ1n) is 8.63. The van der Waals surface area contributed by atoms with Crippen LogP contribution in [0.25, 0.3) is 0 Å². The fourth-order valence-corrected chi connectivity index (χ4v) is 5.82. The van der Waals surface area contributed by atoms with Crippen LogP contribution in [0.4, 0.5) is 10.5 Å². The van der Waals surface area contributed by atoms with Crippen LogP contribution in [0.3, 0.4) is 0 Å². The summed E-state index contributed by atoms with van der Waals surface area (Å²) in [6.45, 7) is 2.40. The average molecular weight is 394 g/mol. The van der Waals surface area contributed by atoms with E-state index in [4.69, 9.17) is 0 Å². The van der Waals surface area contributed by atoms with Crippen LogP contribution in [-0.2, 0) is 16.4 Å². The number of hydrogen-bond donors (Lipinski definition) is 1. The van der Waals surface area contributed by atoms with Crippen molar-refractivity contribution in [2.45, 2.75) is 49.3 Å². The first kappa shape index (κ1) is 18.8. The second kappa shape index (κ2) is 7.75. The predicted molar refractivity (Wildman–Crippen MR) is 103 cm³/mol. The number of carbonyl (C=O) groups excluding carboxylic acids is 1. The van der Waals surface area contributed by atoms with Gasteiger partial charge >= 0.3 is 6.03 Å². The molecule has 0 spiro atoms. The highest BCUT2D eigenvalue weighted by Gasteiger charge is 2.30. The molecule has 1 aliphatic carbocycles. The zero-order valence-electron chi connectivity index (χ0n) is 14.9. The third-order valence-electron chi connectivity index (χ3n) is 4.58. The van der Waals surface area contributed by atoms with Crippen LogP contribution in [0.1, 0.15) is 35.6 Å². The molecular weight excluding hydrogens is 370 g/mol. The minimum Gasteiger partial charge on any atom is -0.322 e. The Morgan fingerprint density at radius 1 is 1.27 bits per heavy atom. The summed E-state index contributed by atoms with van der Waals surface area (Å²) in [7, 11) is -1.56. The Kier molecular flexibility index (Phi) is 5.62. The van der Waals surface area contributed by atoms with E-state index >= 15 is 0 Å². The SMILES string of the molecule is Cc1ncc(CN(C)C(=O)Nc2ccc(S(=O)(=O)C3CCCC3)cc2)s1. The number of aryl methyl sites for hydroxylation is 1. The summed E-state index contributed by atoms with van der Waals surface area (Å²) < 4.78 is 25.2. The topological polar surface area (TPSA) is 79.4 Å². The second-order valence-corrected chi connectivity index (χ2v) is 10.2. The van der Waals surface area contributed by atoms with Gasteiger partial charge < -0.3 is 10.2 Å². The summed E-state index contributed by atoms with van der Waals surface area (Å²) in [5.74, 6) is 0. The van der Waals surface area contributed by atoms with Gasteiger partial charge in [0, 0.05) is 23.8 Å². The van der Waals surface area contributed by atoms with Crippen molar-refractivity contribution in [2.24, 2.45) is 0 Å². The van der Waals surface area contributed by atoms with E-state index in [-0.39, 0.29) is 11.3 Å². The molecule has 140 valence electrons. The number of nitrogens with zero attached hydrogens (tertiary/aromatic N) is 2. The van der Waals surface area contributed by atoms with Crippen molar-refractivity contribution >= 4 is 32.9 Å². The number of aromatic nitrogens is 1. The van der Waals surface area contributed by atoms with Crippen molar-refractivity contribution in [3.63, 3.8) is 0 Å². The van der Waals surface area contributed by atoms with Gasteiger partial charge in [0.05, 0.1) is 21.7 Å². The molecule has 6 nitrogen and oxygen atoms in total. The van der Waals surface area contributed by atoms with E-state index in [2.05, 4.69) is 10.3 Å². The molecule has 0 atom stereocenters. The van der Waals surface area contributed by atoms with Gasteiger partial charge in [0.1, 0.15) is 0 Å². The molecule has 2 aromatic rings. The number of carbonyl (C=O) groups is 1. The fourth-order valence-electron chi connectivity index (χ4n) is 3.12. The van der Waals surface area contributed by atoms with Crippen LogP contribution < -0.4 is 5.32 Å². The summed E-state index contributed by atoms with van der Waals surface area (Å²) in [5.41, 5.74) is 0.577. The first-order chi connectivity index (χ1) is 12.4. The Morgan fingerprint density at radius 2 is 1.92 bits per heavy atom. The largest absolute Gasteiger partial charge is 0.322 e. The number of hydrogen-bond acceptors (Lipinski definition) is 5. The van der Waals surface area contributed by atoms with Crippen molar-refractivity contribution in [3.05, 3.63) is 40.3 Å². The van der Waals surface area contributed by atoms with E-state index in [1.807, 2.05) is 6.92 Å².